The van der Waals surface area contributed by atoms with Gasteiger partial charge in [-0.3, -0.25) is 19.6 Å². The van der Waals surface area contributed by atoms with Crippen molar-refractivity contribution in [3.63, 3.8) is 0 Å². The molecule has 2 N–H and O–H groups in total. The van der Waals surface area contributed by atoms with Crippen molar-refractivity contribution in [3.05, 3.63) is 22.5 Å². The minimum Gasteiger partial charge on any atom is -0.370 e. The van der Waals surface area contributed by atoms with Gasteiger partial charge < -0.3 is 5.73 Å². The van der Waals surface area contributed by atoms with Crippen molar-refractivity contribution in [2.24, 2.45) is 5.73 Å². The third-order valence-corrected chi connectivity index (χ3v) is 1.42. The molecule has 1 aromatic heterocycles. The van der Waals surface area contributed by atoms with E-state index in [1.54, 1.807) is 0 Å². The highest BCUT2D eigenvalue weighted by atomic mass is 16.6. The maximum absolute atomic E-state index is 10.4. The number of nitrogens with zero attached hydrogens (tertiary/aromatic N) is 3. The highest BCUT2D eigenvalue weighted by Crippen LogP contribution is 2.07. The first kappa shape index (κ1) is 9.17. The Morgan fingerprint density at radius 2 is 2.46 bits per heavy atom. The average Bonchev–Trinajstić information content (AvgIpc) is 2.48. The Morgan fingerprint density at radius 3 is 2.92 bits per heavy atom. The van der Waals surface area contributed by atoms with E-state index in [0.717, 1.165) is 6.20 Å². The first-order valence-corrected chi connectivity index (χ1v) is 3.55. The first-order valence-electron chi connectivity index (χ1n) is 3.55. The minimum atomic E-state index is -0.548. The highest BCUT2D eigenvalue weighted by Gasteiger charge is 2.08. The molecule has 0 unspecified atom stereocenters. The van der Waals surface area contributed by atoms with Crippen molar-refractivity contribution < 1.29 is 9.72 Å². The summed E-state index contributed by atoms with van der Waals surface area (Å²) in [6.07, 6.45) is 2.50. The van der Waals surface area contributed by atoms with E-state index < -0.39 is 10.8 Å². The number of carbonyl (C=O) groups excluding carboxylic acids is 1. The molecule has 7 nitrogen and oxygen atoms in total. The van der Waals surface area contributed by atoms with Crippen LogP contribution in [0.1, 0.15) is 6.42 Å². The zero-order valence-electron chi connectivity index (χ0n) is 6.71. The molecule has 7 heteroatoms. The molecule has 1 amide bonds. The fraction of sp³-hybridized carbons (Fsp3) is 0.333. The second-order valence-corrected chi connectivity index (χ2v) is 2.44. The van der Waals surface area contributed by atoms with Crippen LogP contribution in [0.5, 0.6) is 0 Å². The topological polar surface area (TPSA) is 104 Å². The third-order valence-electron chi connectivity index (χ3n) is 1.42. The smallest absolute Gasteiger partial charge is 0.306 e. The zero-order valence-corrected chi connectivity index (χ0v) is 6.71. The minimum absolute atomic E-state index is 0.0931. The molecule has 0 aromatic carbocycles. The van der Waals surface area contributed by atoms with Crippen LogP contribution in [0.3, 0.4) is 0 Å². The van der Waals surface area contributed by atoms with Crippen LogP contribution in [-0.2, 0) is 11.3 Å². The van der Waals surface area contributed by atoms with Crippen molar-refractivity contribution >= 4 is 11.6 Å². The fourth-order valence-electron chi connectivity index (χ4n) is 0.794. The van der Waals surface area contributed by atoms with Gasteiger partial charge in [-0.2, -0.15) is 5.10 Å². The van der Waals surface area contributed by atoms with Gasteiger partial charge in [-0.1, -0.05) is 0 Å². The maximum atomic E-state index is 10.4. The molecule has 70 valence electrons. The molecule has 1 heterocycles. The van der Waals surface area contributed by atoms with Gasteiger partial charge in [0.2, 0.25) is 5.91 Å². The molecule has 0 aliphatic heterocycles. The third kappa shape index (κ3) is 2.55. The molecule has 0 aliphatic carbocycles. The zero-order chi connectivity index (χ0) is 9.84. The van der Waals surface area contributed by atoms with Crippen LogP contribution in [0.4, 0.5) is 5.69 Å². The Balaban J connectivity index is 2.59. The van der Waals surface area contributed by atoms with E-state index in [9.17, 15) is 14.9 Å². The summed E-state index contributed by atoms with van der Waals surface area (Å²) in [4.78, 5) is 20.0. The van der Waals surface area contributed by atoms with E-state index >= 15 is 0 Å². The number of carbonyl (C=O) groups is 1. The number of amides is 1. The predicted octanol–water partition coefficient (Wildman–Crippen LogP) is -0.333. The van der Waals surface area contributed by atoms with Crippen LogP contribution >= 0.6 is 0 Å². The SMILES string of the molecule is NC(=O)CCn1cc([N+](=O)[O-])cn1. The Kier molecular flexibility index (Phi) is 2.58. The molecular formula is C6H8N4O3. The van der Waals surface area contributed by atoms with Crippen molar-refractivity contribution in [3.8, 4) is 0 Å². The van der Waals surface area contributed by atoms with Gasteiger partial charge in [0, 0.05) is 13.0 Å². The summed E-state index contributed by atoms with van der Waals surface area (Å²) < 4.78 is 1.31. The summed E-state index contributed by atoms with van der Waals surface area (Å²) in [5.41, 5.74) is 4.80. The van der Waals surface area contributed by atoms with Gasteiger partial charge in [0.05, 0.1) is 4.92 Å². The molecule has 0 fully saturated rings. The lowest BCUT2D eigenvalue weighted by Crippen LogP contribution is -2.14. The second-order valence-electron chi connectivity index (χ2n) is 2.44. The number of hydrogen-bond donors (Lipinski definition) is 1. The monoisotopic (exact) mass is 184 g/mol. The van der Waals surface area contributed by atoms with Crippen molar-refractivity contribution in [1.29, 1.82) is 0 Å². The van der Waals surface area contributed by atoms with Gasteiger partial charge in [-0.25, -0.2) is 0 Å². The molecular weight excluding hydrogens is 176 g/mol. The maximum Gasteiger partial charge on any atom is 0.306 e. The Labute approximate surface area is 73.3 Å². The summed E-state index contributed by atoms with van der Waals surface area (Å²) in [7, 11) is 0. The molecule has 0 atom stereocenters. The molecule has 13 heavy (non-hydrogen) atoms. The van der Waals surface area contributed by atoms with E-state index in [4.69, 9.17) is 5.73 Å². The predicted molar refractivity (Wildman–Crippen MR) is 42.7 cm³/mol. The van der Waals surface area contributed by atoms with E-state index in [0.29, 0.717) is 0 Å². The fourth-order valence-corrected chi connectivity index (χ4v) is 0.794. The number of nitrogens with two attached hydrogens (primary N) is 1. The van der Waals surface area contributed by atoms with Crippen LogP contribution in [0.2, 0.25) is 0 Å². The largest absolute Gasteiger partial charge is 0.370 e. The number of primary amides is 1. The van der Waals surface area contributed by atoms with Gasteiger partial charge in [-0.05, 0) is 0 Å². The van der Waals surface area contributed by atoms with E-state index in [1.165, 1.54) is 10.9 Å². The molecule has 0 bridgehead atoms. The van der Waals surface area contributed by atoms with Crippen molar-refractivity contribution in [2.75, 3.05) is 0 Å². The molecule has 0 aliphatic rings. The number of rotatable bonds is 4. The summed E-state index contributed by atoms with van der Waals surface area (Å²) in [6, 6.07) is 0. The van der Waals surface area contributed by atoms with Crippen molar-refractivity contribution in [2.45, 2.75) is 13.0 Å². The lowest BCUT2D eigenvalue weighted by molar-refractivity contribution is -0.385. The number of hydrogen-bond acceptors (Lipinski definition) is 4. The normalized spacial score (nSPS) is 9.85. The lowest BCUT2D eigenvalue weighted by Gasteiger charge is -1.95. The summed E-state index contributed by atoms with van der Waals surface area (Å²) in [5, 5.41) is 13.9. The van der Waals surface area contributed by atoms with Crippen LogP contribution in [0.15, 0.2) is 12.4 Å². The summed E-state index contributed by atoms with van der Waals surface area (Å²) >= 11 is 0. The standard InChI is InChI=1S/C6H8N4O3/c7-6(11)1-2-9-4-5(3-8-9)10(12)13/h3-4H,1-2H2,(H2,7,11). The molecule has 1 aromatic rings. The summed E-state index contributed by atoms with van der Waals surface area (Å²) in [6.45, 7) is 0.267. The van der Waals surface area contributed by atoms with Gasteiger partial charge >= 0.3 is 5.69 Å². The van der Waals surface area contributed by atoms with Crippen LogP contribution in [0, 0.1) is 10.1 Å². The van der Waals surface area contributed by atoms with Gasteiger partial charge in [-0.15, -0.1) is 0 Å². The Bertz CT molecular complexity index is 332. The van der Waals surface area contributed by atoms with Gasteiger partial charge in [0.15, 0.2) is 0 Å². The van der Waals surface area contributed by atoms with E-state index in [2.05, 4.69) is 5.10 Å². The number of aryl methyl sites for hydroxylation is 1. The van der Waals surface area contributed by atoms with Crippen LogP contribution < -0.4 is 5.73 Å². The second kappa shape index (κ2) is 3.65. The molecule has 0 saturated carbocycles. The van der Waals surface area contributed by atoms with Gasteiger partial charge in [0.1, 0.15) is 12.4 Å². The average molecular weight is 184 g/mol. The van der Waals surface area contributed by atoms with E-state index in [-0.39, 0.29) is 18.7 Å². The summed E-state index contributed by atoms with van der Waals surface area (Å²) in [5.74, 6) is -0.460. The molecule has 0 radical (unpaired) electrons. The number of nitro groups is 1. The highest BCUT2D eigenvalue weighted by molar-refractivity contribution is 5.73. The van der Waals surface area contributed by atoms with Gasteiger partial charge in [0.25, 0.3) is 0 Å². The Hall–Kier alpha value is -1.92. The quantitative estimate of drug-likeness (QED) is 0.510. The first-order chi connectivity index (χ1) is 6.09. The Morgan fingerprint density at radius 1 is 1.77 bits per heavy atom. The van der Waals surface area contributed by atoms with Crippen LogP contribution in [0.25, 0.3) is 0 Å². The number of aromatic nitrogens is 2. The lowest BCUT2D eigenvalue weighted by atomic mass is 10.4. The molecule has 1 rings (SSSR count). The van der Waals surface area contributed by atoms with Crippen molar-refractivity contribution in [1.82, 2.24) is 9.78 Å². The van der Waals surface area contributed by atoms with E-state index in [1.807, 2.05) is 0 Å². The molecule has 0 spiro atoms. The van der Waals surface area contributed by atoms with Crippen LogP contribution in [-0.4, -0.2) is 20.6 Å². The molecule has 0 saturated heterocycles.